The Morgan fingerprint density at radius 3 is 2.89 bits per heavy atom. The molecule has 4 nitrogen and oxygen atoms in total. The molecule has 0 saturated heterocycles. The lowest BCUT2D eigenvalue weighted by molar-refractivity contribution is -0.117. The topological polar surface area (TPSA) is 64.3 Å². The number of halogens is 1. The number of benzene rings is 1. The Bertz CT molecular complexity index is 410. The number of unbranched alkanes of at least 4 members (excludes halogenated alkanes) is 2. The number of rotatable bonds is 8. The minimum atomic E-state index is -0.494. The number of ether oxygens (including phenoxy) is 1. The molecule has 0 fully saturated rings. The molecule has 1 aromatic carbocycles. The molecule has 0 saturated carbocycles. The number of carbonyl (C=O) groups excluding carboxylic acids is 1. The summed E-state index contributed by atoms with van der Waals surface area (Å²) >= 11 is 0. The molecule has 1 rings (SSSR count). The van der Waals surface area contributed by atoms with Crippen molar-refractivity contribution in [1.82, 2.24) is 0 Å². The van der Waals surface area contributed by atoms with Crippen molar-refractivity contribution in [2.75, 3.05) is 24.3 Å². The van der Waals surface area contributed by atoms with Gasteiger partial charge in [0, 0.05) is 12.3 Å². The van der Waals surface area contributed by atoms with Gasteiger partial charge < -0.3 is 15.8 Å². The van der Waals surface area contributed by atoms with Crippen molar-refractivity contribution in [2.45, 2.75) is 32.6 Å². The highest BCUT2D eigenvalue weighted by Gasteiger charge is 2.07. The molecule has 0 radical (unpaired) electrons. The molecule has 0 aliphatic heterocycles. The third-order valence-electron chi connectivity index (χ3n) is 2.63. The van der Waals surface area contributed by atoms with Crippen molar-refractivity contribution in [2.24, 2.45) is 0 Å². The minimum Gasteiger partial charge on any atom is -0.399 e. The zero-order chi connectivity index (χ0) is 14.1. The molecule has 0 aromatic heterocycles. The van der Waals surface area contributed by atoms with Gasteiger partial charge in [0.05, 0.1) is 18.7 Å². The van der Waals surface area contributed by atoms with E-state index >= 15 is 0 Å². The molecule has 0 heterocycles. The van der Waals surface area contributed by atoms with Gasteiger partial charge in [-0.2, -0.15) is 0 Å². The van der Waals surface area contributed by atoms with E-state index in [1.807, 2.05) is 0 Å². The van der Waals surface area contributed by atoms with Gasteiger partial charge in [0.2, 0.25) is 5.91 Å². The fourth-order valence-electron chi connectivity index (χ4n) is 1.57. The summed E-state index contributed by atoms with van der Waals surface area (Å²) in [5.41, 5.74) is 6.05. The smallest absolute Gasteiger partial charge is 0.226 e. The van der Waals surface area contributed by atoms with Crippen LogP contribution in [0.4, 0.5) is 15.8 Å². The third-order valence-corrected chi connectivity index (χ3v) is 2.63. The second kappa shape index (κ2) is 8.48. The monoisotopic (exact) mass is 268 g/mol. The Labute approximate surface area is 113 Å². The van der Waals surface area contributed by atoms with Crippen molar-refractivity contribution in [1.29, 1.82) is 0 Å². The van der Waals surface area contributed by atoms with Gasteiger partial charge in [0.1, 0.15) is 5.82 Å². The van der Waals surface area contributed by atoms with Crippen molar-refractivity contribution in [3.05, 3.63) is 24.0 Å². The summed E-state index contributed by atoms with van der Waals surface area (Å²) in [7, 11) is 0. The van der Waals surface area contributed by atoms with Gasteiger partial charge in [0.25, 0.3) is 0 Å². The maximum atomic E-state index is 13.4. The summed E-state index contributed by atoms with van der Waals surface area (Å²) in [6, 6.07) is 4.07. The molecule has 0 aliphatic rings. The summed E-state index contributed by atoms with van der Waals surface area (Å²) in [6.45, 7) is 3.13. The van der Waals surface area contributed by atoms with Gasteiger partial charge in [-0.25, -0.2) is 4.39 Å². The van der Waals surface area contributed by atoms with E-state index in [-0.39, 0.29) is 18.0 Å². The Kier molecular flexibility index (Phi) is 6.89. The average Bonchev–Trinajstić information content (AvgIpc) is 2.38. The van der Waals surface area contributed by atoms with Gasteiger partial charge in [-0.15, -0.1) is 0 Å². The highest BCUT2D eigenvalue weighted by Crippen LogP contribution is 2.17. The lowest BCUT2D eigenvalue weighted by atomic mass is 10.2. The van der Waals surface area contributed by atoms with Crippen molar-refractivity contribution < 1.29 is 13.9 Å². The standard InChI is InChI=1S/C14H21FN2O2/c1-2-3-4-8-19-9-7-14(18)17-13-10-11(16)5-6-12(13)15/h5-6,10H,2-4,7-9,16H2,1H3,(H,17,18). The molecular weight excluding hydrogens is 247 g/mol. The molecule has 0 aliphatic carbocycles. The van der Waals surface area contributed by atoms with Gasteiger partial charge >= 0.3 is 0 Å². The predicted octanol–water partition coefficient (Wildman–Crippen LogP) is 2.94. The van der Waals surface area contributed by atoms with E-state index < -0.39 is 5.82 Å². The van der Waals surface area contributed by atoms with Crippen LogP contribution < -0.4 is 11.1 Å². The Morgan fingerprint density at radius 2 is 2.16 bits per heavy atom. The van der Waals surface area contributed by atoms with E-state index in [9.17, 15) is 9.18 Å². The Balaban J connectivity index is 2.25. The van der Waals surface area contributed by atoms with Gasteiger partial charge in [-0.1, -0.05) is 19.8 Å². The van der Waals surface area contributed by atoms with Crippen LogP contribution in [0.15, 0.2) is 18.2 Å². The molecule has 3 N–H and O–H groups in total. The summed E-state index contributed by atoms with van der Waals surface area (Å²) in [4.78, 5) is 11.6. The lowest BCUT2D eigenvalue weighted by Gasteiger charge is -2.07. The minimum absolute atomic E-state index is 0.107. The van der Waals surface area contributed by atoms with Gasteiger partial charge in [-0.05, 0) is 24.6 Å². The number of hydrogen-bond donors (Lipinski definition) is 2. The van der Waals surface area contributed by atoms with E-state index in [4.69, 9.17) is 10.5 Å². The van der Waals surface area contributed by atoms with Crippen LogP contribution in [0, 0.1) is 5.82 Å². The molecule has 19 heavy (non-hydrogen) atoms. The fourth-order valence-corrected chi connectivity index (χ4v) is 1.57. The molecule has 0 bridgehead atoms. The lowest BCUT2D eigenvalue weighted by Crippen LogP contribution is -2.15. The molecule has 5 heteroatoms. The number of nitrogens with two attached hydrogens (primary N) is 1. The number of anilines is 2. The summed E-state index contributed by atoms with van der Waals surface area (Å²) < 4.78 is 18.7. The van der Waals surface area contributed by atoms with E-state index in [1.54, 1.807) is 0 Å². The summed E-state index contributed by atoms with van der Waals surface area (Å²) in [5, 5.41) is 2.48. The largest absolute Gasteiger partial charge is 0.399 e. The van der Waals surface area contributed by atoms with Gasteiger partial charge in [0.15, 0.2) is 0 Å². The Morgan fingerprint density at radius 1 is 1.37 bits per heavy atom. The maximum Gasteiger partial charge on any atom is 0.226 e. The molecule has 1 aromatic rings. The molecule has 0 unspecified atom stereocenters. The predicted molar refractivity (Wildman–Crippen MR) is 74.4 cm³/mol. The number of carbonyl (C=O) groups is 1. The van der Waals surface area contributed by atoms with Crippen LogP contribution in [0.25, 0.3) is 0 Å². The number of nitrogens with one attached hydrogen (secondary N) is 1. The van der Waals surface area contributed by atoms with Crippen LogP contribution in [-0.4, -0.2) is 19.1 Å². The highest BCUT2D eigenvalue weighted by molar-refractivity contribution is 5.91. The van der Waals surface area contributed by atoms with E-state index in [1.165, 1.54) is 18.2 Å². The summed E-state index contributed by atoms with van der Waals surface area (Å²) in [5.74, 6) is -0.772. The van der Waals surface area contributed by atoms with Crippen LogP contribution >= 0.6 is 0 Å². The zero-order valence-electron chi connectivity index (χ0n) is 11.2. The number of amides is 1. The molecule has 0 atom stereocenters. The maximum absolute atomic E-state index is 13.4. The quantitative estimate of drug-likeness (QED) is 0.563. The molecule has 0 spiro atoms. The molecule has 106 valence electrons. The van der Waals surface area contributed by atoms with Crippen LogP contribution in [0.1, 0.15) is 32.6 Å². The Hall–Kier alpha value is -1.62. The van der Waals surface area contributed by atoms with Crippen LogP contribution in [-0.2, 0) is 9.53 Å². The number of hydrogen-bond acceptors (Lipinski definition) is 3. The third kappa shape index (κ3) is 6.20. The normalized spacial score (nSPS) is 10.4. The first-order valence-electron chi connectivity index (χ1n) is 6.56. The van der Waals surface area contributed by atoms with Crippen molar-refractivity contribution in [3.8, 4) is 0 Å². The zero-order valence-corrected chi connectivity index (χ0v) is 11.2. The SMILES string of the molecule is CCCCCOCCC(=O)Nc1cc(N)ccc1F. The van der Waals surface area contributed by atoms with Crippen molar-refractivity contribution >= 4 is 17.3 Å². The summed E-state index contributed by atoms with van der Waals surface area (Å²) in [6.07, 6.45) is 3.47. The first kappa shape index (κ1) is 15.4. The van der Waals surface area contributed by atoms with E-state index in [0.717, 1.165) is 19.3 Å². The van der Waals surface area contributed by atoms with Crippen LogP contribution in [0.5, 0.6) is 0 Å². The van der Waals surface area contributed by atoms with Crippen LogP contribution in [0.2, 0.25) is 0 Å². The highest BCUT2D eigenvalue weighted by atomic mass is 19.1. The van der Waals surface area contributed by atoms with Crippen LogP contribution in [0.3, 0.4) is 0 Å². The second-order valence-electron chi connectivity index (χ2n) is 4.36. The second-order valence-corrected chi connectivity index (χ2v) is 4.36. The average molecular weight is 268 g/mol. The van der Waals surface area contributed by atoms with Gasteiger partial charge in [-0.3, -0.25) is 4.79 Å². The molecule has 1 amide bonds. The molecular formula is C14H21FN2O2. The first-order valence-corrected chi connectivity index (χ1v) is 6.56. The van der Waals surface area contributed by atoms with E-state index in [0.29, 0.717) is 18.9 Å². The first-order chi connectivity index (χ1) is 9.13. The number of nitrogen functional groups attached to an aromatic ring is 1. The van der Waals surface area contributed by atoms with E-state index in [2.05, 4.69) is 12.2 Å². The fraction of sp³-hybridized carbons (Fsp3) is 0.500. The van der Waals surface area contributed by atoms with Crippen molar-refractivity contribution in [3.63, 3.8) is 0 Å².